The van der Waals surface area contributed by atoms with Crippen LogP contribution in [0.4, 0.5) is 10.5 Å². The molecule has 0 saturated carbocycles. The number of methoxy groups -OCH3 is 1. The molecule has 140 valence electrons. The number of nitrogens with one attached hydrogen (secondary N) is 1. The summed E-state index contributed by atoms with van der Waals surface area (Å²) in [6.07, 6.45) is -0.0601. The molecule has 0 fully saturated rings. The second kappa shape index (κ2) is 9.88. The van der Waals surface area contributed by atoms with Crippen LogP contribution in [0.3, 0.4) is 0 Å². The van der Waals surface area contributed by atoms with Crippen LogP contribution in [-0.2, 0) is 16.1 Å². The van der Waals surface area contributed by atoms with Gasteiger partial charge in [0, 0.05) is 24.2 Å². The van der Waals surface area contributed by atoms with Gasteiger partial charge in [-0.2, -0.15) is 0 Å². The summed E-state index contributed by atoms with van der Waals surface area (Å²) >= 11 is 0. The number of esters is 1. The Morgan fingerprint density at radius 3 is 2.63 bits per heavy atom. The highest BCUT2D eigenvalue weighted by atomic mass is 16.5. The van der Waals surface area contributed by atoms with E-state index >= 15 is 0 Å². The van der Waals surface area contributed by atoms with Gasteiger partial charge in [0.15, 0.2) is 0 Å². The van der Waals surface area contributed by atoms with Gasteiger partial charge in [-0.05, 0) is 30.2 Å². The number of rotatable bonds is 5. The maximum atomic E-state index is 11.8. The fourth-order valence-electron chi connectivity index (χ4n) is 2.30. The van der Waals surface area contributed by atoms with E-state index < -0.39 is 12.1 Å². The summed E-state index contributed by atoms with van der Waals surface area (Å²) in [7, 11) is 1.32. The SMILES string of the molecule is COC(=O)c1cc(C#CCCNC(=O)OCc2ccccc2)cc(N)c1C. The van der Waals surface area contributed by atoms with Crippen LogP contribution in [0.15, 0.2) is 42.5 Å². The highest BCUT2D eigenvalue weighted by molar-refractivity contribution is 5.93. The lowest BCUT2D eigenvalue weighted by Crippen LogP contribution is -2.24. The van der Waals surface area contributed by atoms with E-state index in [1.54, 1.807) is 19.1 Å². The Morgan fingerprint density at radius 1 is 1.19 bits per heavy atom. The first-order valence-electron chi connectivity index (χ1n) is 8.43. The van der Waals surface area contributed by atoms with Gasteiger partial charge >= 0.3 is 12.1 Å². The molecular formula is C21H22N2O4. The predicted molar refractivity (Wildman–Crippen MR) is 103 cm³/mol. The van der Waals surface area contributed by atoms with Crippen molar-refractivity contribution in [2.75, 3.05) is 19.4 Å². The quantitative estimate of drug-likeness (QED) is 0.367. The van der Waals surface area contributed by atoms with Gasteiger partial charge in [-0.25, -0.2) is 9.59 Å². The van der Waals surface area contributed by atoms with Crippen LogP contribution in [0.25, 0.3) is 0 Å². The molecule has 0 heterocycles. The fraction of sp³-hybridized carbons (Fsp3) is 0.238. The summed E-state index contributed by atoms with van der Waals surface area (Å²) in [5.41, 5.74) is 8.99. The van der Waals surface area contributed by atoms with Crippen molar-refractivity contribution >= 4 is 17.7 Å². The number of nitrogens with two attached hydrogens (primary N) is 1. The smallest absolute Gasteiger partial charge is 0.407 e. The van der Waals surface area contributed by atoms with Crippen molar-refractivity contribution in [3.63, 3.8) is 0 Å². The Labute approximate surface area is 158 Å². The fourth-order valence-corrected chi connectivity index (χ4v) is 2.30. The summed E-state index contributed by atoms with van der Waals surface area (Å²) in [5, 5.41) is 2.64. The Hall–Kier alpha value is -3.46. The molecular weight excluding hydrogens is 344 g/mol. The maximum Gasteiger partial charge on any atom is 0.407 e. The Bertz CT molecular complexity index is 867. The molecule has 6 heteroatoms. The van der Waals surface area contributed by atoms with Gasteiger partial charge < -0.3 is 20.5 Å². The molecule has 3 N–H and O–H groups in total. The van der Waals surface area contributed by atoms with Crippen LogP contribution in [0.1, 0.15) is 33.5 Å². The number of carbonyl (C=O) groups is 2. The van der Waals surface area contributed by atoms with E-state index in [1.807, 2.05) is 30.3 Å². The van der Waals surface area contributed by atoms with Crippen LogP contribution >= 0.6 is 0 Å². The number of alkyl carbamates (subject to hydrolysis) is 1. The van der Waals surface area contributed by atoms with Crippen molar-refractivity contribution in [2.45, 2.75) is 20.0 Å². The zero-order valence-electron chi connectivity index (χ0n) is 15.4. The van der Waals surface area contributed by atoms with Gasteiger partial charge in [-0.1, -0.05) is 42.2 Å². The minimum Gasteiger partial charge on any atom is -0.465 e. The van der Waals surface area contributed by atoms with E-state index in [4.69, 9.17) is 15.2 Å². The van der Waals surface area contributed by atoms with Crippen molar-refractivity contribution in [3.05, 3.63) is 64.7 Å². The number of carbonyl (C=O) groups excluding carboxylic acids is 2. The molecule has 6 nitrogen and oxygen atoms in total. The molecule has 1 amide bonds. The highest BCUT2D eigenvalue weighted by Crippen LogP contribution is 2.19. The van der Waals surface area contributed by atoms with Crippen molar-refractivity contribution < 1.29 is 19.1 Å². The van der Waals surface area contributed by atoms with Gasteiger partial charge in [0.25, 0.3) is 0 Å². The molecule has 0 aliphatic rings. The molecule has 0 spiro atoms. The second-order valence-electron chi connectivity index (χ2n) is 5.77. The molecule has 2 aromatic carbocycles. The molecule has 0 aromatic heterocycles. The molecule has 0 saturated heterocycles. The highest BCUT2D eigenvalue weighted by Gasteiger charge is 2.12. The molecule has 2 rings (SSSR count). The number of amides is 1. The lowest BCUT2D eigenvalue weighted by molar-refractivity contribution is 0.0600. The largest absolute Gasteiger partial charge is 0.465 e. The van der Waals surface area contributed by atoms with Gasteiger partial charge in [0.2, 0.25) is 0 Å². The monoisotopic (exact) mass is 366 g/mol. The molecule has 2 aromatic rings. The maximum absolute atomic E-state index is 11.8. The number of hydrogen-bond acceptors (Lipinski definition) is 5. The topological polar surface area (TPSA) is 90.6 Å². The number of hydrogen-bond donors (Lipinski definition) is 2. The average molecular weight is 366 g/mol. The Balaban J connectivity index is 1.82. The standard InChI is InChI=1S/C21H22N2O4/c1-15-18(20(24)26-2)12-17(13-19(15)22)10-6-7-11-23-21(25)27-14-16-8-4-3-5-9-16/h3-5,8-9,12-13H,7,11,14,22H2,1-2H3,(H,23,25). The molecule has 0 aliphatic carbocycles. The minimum absolute atomic E-state index is 0.220. The summed E-state index contributed by atoms with van der Waals surface area (Å²) < 4.78 is 9.86. The van der Waals surface area contributed by atoms with Gasteiger partial charge in [-0.15, -0.1) is 0 Å². The van der Waals surface area contributed by atoms with E-state index in [-0.39, 0.29) is 6.61 Å². The number of nitrogen functional groups attached to an aromatic ring is 1. The van der Waals surface area contributed by atoms with Gasteiger partial charge in [0.05, 0.1) is 12.7 Å². The van der Waals surface area contributed by atoms with Crippen molar-refractivity contribution in [1.29, 1.82) is 0 Å². The van der Waals surface area contributed by atoms with Crippen molar-refractivity contribution in [1.82, 2.24) is 5.32 Å². The van der Waals surface area contributed by atoms with Crippen molar-refractivity contribution in [3.8, 4) is 11.8 Å². The third-order valence-electron chi connectivity index (χ3n) is 3.82. The first-order chi connectivity index (χ1) is 13.0. The first-order valence-corrected chi connectivity index (χ1v) is 8.43. The minimum atomic E-state index is -0.492. The van der Waals surface area contributed by atoms with Gasteiger partial charge in [-0.3, -0.25) is 0 Å². The number of benzene rings is 2. The molecule has 0 atom stereocenters. The summed E-state index contributed by atoms with van der Waals surface area (Å²) in [6.45, 7) is 2.33. The Morgan fingerprint density at radius 2 is 1.93 bits per heavy atom. The Kier molecular flexibility index (Phi) is 7.26. The summed E-state index contributed by atoms with van der Waals surface area (Å²) in [6, 6.07) is 12.8. The number of anilines is 1. The summed E-state index contributed by atoms with van der Waals surface area (Å²) in [5.74, 6) is 5.41. The van der Waals surface area contributed by atoms with Crippen LogP contribution in [0, 0.1) is 18.8 Å². The van der Waals surface area contributed by atoms with Crippen molar-refractivity contribution in [2.24, 2.45) is 0 Å². The zero-order valence-corrected chi connectivity index (χ0v) is 15.4. The van der Waals surface area contributed by atoms with E-state index in [1.165, 1.54) is 7.11 Å². The van der Waals surface area contributed by atoms with Gasteiger partial charge in [0.1, 0.15) is 6.61 Å². The normalized spacial score (nSPS) is 9.70. The van der Waals surface area contributed by atoms with Crippen LogP contribution in [0.2, 0.25) is 0 Å². The lowest BCUT2D eigenvalue weighted by Gasteiger charge is -2.07. The molecule has 0 unspecified atom stereocenters. The van der Waals surface area contributed by atoms with Crippen LogP contribution in [-0.4, -0.2) is 25.7 Å². The predicted octanol–water partition coefficient (Wildman–Crippen LogP) is 3.03. The third kappa shape index (κ3) is 6.08. The van der Waals surface area contributed by atoms with E-state index in [0.717, 1.165) is 5.56 Å². The second-order valence-corrected chi connectivity index (χ2v) is 5.77. The van der Waals surface area contributed by atoms with E-state index in [9.17, 15) is 9.59 Å². The molecule has 27 heavy (non-hydrogen) atoms. The molecule has 0 bridgehead atoms. The lowest BCUT2D eigenvalue weighted by atomic mass is 10.0. The van der Waals surface area contributed by atoms with Crippen LogP contribution in [0.5, 0.6) is 0 Å². The van der Waals surface area contributed by atoms with Crippen LogP contribution < -0.4 is 11.1 Å². The molecule has 0 aliphatic heterocycles. The third-order valence-corrected chi connectivity index (χ3v) is 3.82. The molecule has 0 radical (unpaired) electrons. The first kappa shape index (κ1) is 19.9. The summed E-state index contributed by atoms with van der Waals surface area (Å²) in [4.78, 5) is 23.4. The van der Waals surface area contributed by atoms with E-state index in [0.29, 0.717) is 35.3 Å². The van der Waals surface area contributed by atoms with E-state index in [2.05, 4.69) is 17.2 Å². The zero-order chi connectivity index (χ0) is 19.6. The average Bonchev–Trinajstić information content (AvgIpc) is 2.68. The number of ether oxygens (including phenoxy) is 2.